The van der Waals surface area contributed by atoms with Crippen molar-refractivity contribution in [3.8, 4) is 0 Å². The molecule has 0 aliphatic carbocycles. The van der Waals surface area contributed by atoms with Crippen LogP contribution in [0.25, 0.3) is 0 Å². The molecule has 0 saturated carbocycles. The largest absolute Gasteiger partial charge is 0.369 e. The lowest BCUT2D eigenvalue weighted by atomic mass is 10.3. The zero-order valence-electron chi connectivity index (χ0n) is 10.6. The summed E-state index contributed by atoms with van der Waals surface area (Å²) in [6.07, 6.45) is 0.250. The van der Waals surface area contributed by atoms with Crippen molar-refractivity contribution in [1.82, 2.24) is 10.3 Å². The van der Waals surface area contributed by atoms with Crippen LogP contribution < -0.4 is 10.6 Å². The van der Waals surface area contributed by atoms with Crippen LogP contribution in [-0.2, 0) is 4.79 Å². The van der Waals surface area contributed by atoms with E-state index in [1.54, 1.807) is 0 Å². The number of pyridine rings is 1. The zero-order valence-corrected chi connectivity index (χ0v) is 11.4. The van der Waals surface area contributed by atoms with Crippen LogP contribution in [0, 0.1) is 10.1 Å². The van der Waals surface area contributed by atoms with Gasteiger partial charge in [-0.15, -0.1) is 0 Å². The Morgan fingerprint density at radius 3 is 2.79 bits per heavy atom. The molecule has 0 fully saturated rings. The van der Waals surface area contributed by atoms with Crippen molar-refractivity contribution in [2.45, 2.75) is 26.3 Å². The molecule has 0 spiro atoms. The summed E-state index contributed by atoms with van der Waals surface area (Å²) >= 11 is 5.67. The lowest BCUT2D eigenvalue weighted by Gasteiger charge is -2.09. The molecule has 8 heteroatoms. The van der Waals surface area contributed by atoms with Gasteiger partial charge in [-0.1, -0.05) is 11.6 Å². The van der Waals surface area contributed by atoms with E-state index < -0.39 is 4.92 Å². The summed E-state index contributed by atoms with van der Waals surface area (Å²) in [6.45, 7) is 4.06. The third-order valence-corrected chi connectivity index (χ3v) is 2.29. The minimum Gasteiger partial charge on any atom is -0.369 e. The second-order valence-electron chi connectivity index (χ2n) is 4.19. The summed E-state index contributed by atoms with van der Waals surface area (Å²) in [5.41, 5.74) is -0.144. The first-order valence-electron chi connectivity index (χ1n) is 5.73. The van der Waals surface area contributed by atoms with E-state index >= 15 is 0 Å². The SMILES string of the molecule is CC(C)NC(=O)CCNc1cc([N+](=O)[O-])cc(Cl)n1. The van der Waals surface area contributed by atoms with Gasteiger partial charge in [0.1, 0.15) is 11.0 Å². The van der Waals surface area contributed by atoms with E-state index in [2.05, 4.69) is 15.6 Å². The summed E-state index contributed by atoms with van der Waals surface area (Å²) in [6, 6.07) is 2.52. The highest BCUT2D eigenvalue weighted by atomic mass is 35.5. The summed E-state index contributed by atoms with van der Waals surface area (Å²) in [5, 5.41) is 16.2. The lowest BCUT2D eigenvalue weighted by molar-refractivity contribution is -0.384. The average Bonchev–Trinajstić information content (AvgIpc) is 2.27. The molecule has 7 nitrogen and oxygen atoms in total. The number of carbonyl (C=O) groups excluding carboxylic acids is 1. The first kappa shape index (κ1) is 15.2. The maximum atomic E-state index is 11.4. The highest BCUT2D eigenvalue weighted by Gasteiger charge is 2.10. The Hall–Kier alpha value is -1.89. The second kappa shape index (κ2) is 6.89. The lowest BCUT2D eigenvalue weighted by Crippen LogP contribution is -2.31. The Balaban J connectivity index is 2.54. The van der Waals surface area contributed by atoms with Crippen LogP contribution in [0.1, 0.15) is 20.3 Å². The van der Waals surface area contributed by atoms with Crippen molar-refractivity contribution in [3.63, 3.8) is 0 Å². The molecule has 1 aromatic heterocycles. The summed E-state index contributed by atoms with van der Waals surface area (Å²) in [5.74, 6) is 0.176. The molecule has 1 aromatic rings. The molecule has 19 heavy (non-hydrogen) atoms. The Morgan fingerprint density at radius 1 is 1.53 bits per heavy atom. The molecule has 0 aliphatic rings. The van der Waals surface area contributed by atoms with Gasteiger partial charge < -0.3 is 10.6 Å². The number of hydrogen-bond acceptors (Lipinski definition) is 5. The van der Waals surface area contributed by atoms with Crippen LogP contribution in [-0.4, -0.2) is 28.4 Å². The topological polar surface area (TPSA) is 97.2 Å². The van der Waals surface area contributed by atoms with Crippen LogP contribution in [0.5, 0.6) is 0 Å². The molecule has 1 amide bonds. The maximum absolute atomic E-state index is 11.4. The summed E-state index contributed by atoms with van der Waals surface area (Å²) in [7, 11) is 0. The van der Waals surface area contributed by atoms with Crippen LogP contribution in [0.4, 0.5) is 11.5 Å². The van der Waals surface area contributed by atoms with Crippen molar-refractivity contribution in [3.05, 3.63) is 27.4 Å². The normalized spacial score (nSPS) is 10.3. The Morgan fingerprint density at radius 2 is 2.21 bits per heavy atom. The highest BCUT2D eigenvalue weighted by Crippen LogP contribution is 2.20. The average molecular weight is 287 g/mol. The smallest absolute Gasteiger partial charge is 0.276 e. The number of rotatable bonds is 6. The third kappa shape index (κ3) is 5.52. The van der Waals surface area contributed by atoms with Gasteiger partial charge in [-0.2, -0.15) is 0 Å². The number of halogens is 1. The quantitative estimate of drug-likeness (QED) is 0.473. The molecular formula is C11H15ClN4O3. The Bertz CT molecular complexity index is 479. The van der Waals surface area contributed by atoms with E-state index in [1.807, 2.05) is 13.8 Å². The van der Waals surface area contributed by atoms with Gasteiger partial charge >= 0.3 is 0 Å². The number of aromatic nitrogens is 1. The first-order chi connectivity index (χ1) is 8.88. The summed E-state index contributed by atoms with van der Waals surface area (Å²) < 4.78 is 0. The fourth-order valence-corrected chi connectivity index (χ4v) is 1.58. The first-order valence-corrected chi connectivity index (χ1v) is 6.11. The number of hydrogen-bond donors (Lipinski definition) is 2. The number of anilines is 1. The van der Waals surface area contributed by atoms with E-state index in [0.717, 1.165) is 6.07 Å². The van der Waals surface area contributed by atoms with Gasteiger partial charge in [-0.3, -0.25) is 14.9 Å². The van der Waals surface area contributed by atoms with Gasteiger partial charge in [0.25, 0.3) is 5.69 Å². The number of nitro groups is 1. The van der Waals surface area contributed by atoms with Crippen molar-refractivity contribution in [2.24, 2.45) is 0 Å². The third-order valence-electron chi connectivity index (χ3n) is 2.10. The van der Waals surface area contributed by atoms with Gasteiger partial charge in [-0.05, 0) is 13.8 Å². The predicted molar refractivity (Wildman–Crippen MR) is 72.3 cm³/mol. The highest BCUT2D eigenvalue weighted by molar-refractivity contribution is 6.29. The van der Waals surface area contributed by atoms with Crippen molar-refractivity contribution < 1.29 is 9.72 Å². The fourth-order valence-electron chi connectivity index (χ4n) is 1.38. The molecule has 0 aliphatic heterocycles. The van der Waals surface area contributed by atoms with Gasteiger partial charge in [0.2, 0.25) is 5.91 Å². The van der Waals surface area contributed by atoms with Crippen molar-refractivity contribution in [1.29, 1.82) is 0 Å². The van der Waals surface area contributed by atoms with Gasteiger partial charge in [0.15, 0.2) is 0 Å². The molecule has 0 aromatic carbocycles. The number of amides is 1. The maximum Gasteiger partial charge on any atom is 0.276 e. The molecular weight excluding hydrogens is 272 g/mol. The van der Waals surface area contributed by atoms with Gasteiger partial charge in [-0.25, -0.2) is 4.98 Å². The molecule has 1 heterocycles. The zero-order chi connectivity index (χ0) is 14.4. The van der Waals surface area contributed by atoms with E-state index in [9.17, 15) is 14.9 Å². The standard InChI is InChI=1S/C11H15ClN4O3/c1-7(2)14-11(17)3-4-13-10-6-8(16(18)19)5-9(12)15-10/h5-7H,3-4H2,1-2H3,(H,13,15)(H,14,17). The Labute approximate surface area is 115 Å². The van der Waals surface area contributed by atoms with Crippen LogP contribution >= 0.6 is 11.6 Å². The van der Waals surface area contributed by atoms with Gasteiger partial charge in [0, 0.05) is 19.0 Å². The van der Waals surface area contributed by atoms with Crippen LogP contribution in [0.15, 0.2) is 12.1 Å². The minimum atomic E-state index is -0.551. The van der Waals surface area contributed by atoms with Crippen molar-refractivity contribution >= 4 is 29.0 Å². The molecule has 0 unspecified atom stereocenters. The van der Waals surface area contributed by atoms with Gasteiger partial charge in [0.05, 0.1) is 17.1 Å². The monoisotopic (exact) mass is 286 g/mol. The van der Waals surface area contributed by atoms with E-state index in [1.165, 1.54) is 6.07 Å². The molecule has 0 atom stereocenters. The van der Waals surface area contributed by atoms with E-state index in [4.69, 9.17) is 11.6 Å². The Kier molecular flexibility index (Phi) is 5.50. The fraction of sp³-hybridized carbons (Fsp3) is 0.455. The van der Waals surface area contributed by atoms with Crippen LogP contribution in [0.2, 0.25) is 5.15 Å². The number of carbonyl (C=O) groups is 1. The molecule has 0 bridgehead atoms. The van der Waals surface area contributed by atoms with Crippen LogP contribution in [0.3, 0.4) is 0 Å². The number of nitrogens with zero attached hydrogens (tertiary/aromatic N) is 2. The summed E-state index contributed by atoms with van der Waals surface area (Å²) in [4.78, 5) is 25.4. The van der Waals surface area contributed by atoms with E-state index in [0.29, 0.717) is 6.54 Å². The predicted octanol–water partition coefficient (Wildman–Crippen LogP) is 1.97. The molecule has 104 valence electrons. The minimum absolute atomic E-state index is 0.0309. The second-order valence-corrected chi connectivity index (χ2v) is 4.58. The number of nitrogens with one attached hydrogen (secondary N) is 2. The van der Waals surface area contributed by atoms with E-state index in [-0.39, 0.29) is 35.0 Å². The molecule has 1 rings (SSSR count). The molecule has 0 radical (unpaired) electrons. The van der Waals surface area contributed by atoms with Crippen molar-refractivity contribution in [2.75, 3.05) is 11.9 Å². The molecule has 2 N–H and O–H groups in total. The molecule has 0 saturated heterocycles.